The number of anilines is 1. The van der Waals surface area contributed by atoms with Gasteiger partial charge in [-0.05, 0) is 37.3 Å². The predicted molar refractivity (Wildman–Crippen MR) is 63.9 cm³/mol. The van der Waals surface area contributed by atoms with E-state index in [0.29, 0.717) is 17.4 Å². The van der Waals surface area contributed by atoms with Gasteiger partial charge >= 0.3 is 0 Å². The van der Waals surface area contributed by atoms with Gasteiger partial charge in [0.25, 0.3) is 0 Å². The van der Waals surface area contributed by atoms with Crippen LogP contribution in [0.4, 0.5) is 14.5 Å². The Balaban J connectivity index is 1.77. The van der Waals surface area contributed by atoms with E-state index >= 15 is 0 Å². The van der Waals surface area contributed by atoms with Gasteiger partial charge in [0.2, 0.25) is 0 Å². The zero-order valence-electron chi connectivity index (χ0n) is 9.71. The molecule has 1 N–H and O–H groups in total. The molecule has 1 aromatic rings. The SMILES string of the molecule is Cc1cc(F)c(NC2CC3CC=CC32)cc1F. The van der Waals surface area contributed by atoms with Crippen molar-refractivity contribution in [3.05, 3.63) is 41.5 Å². The summed E-state index contributed by atoms with van der Waals surface area (Å²) >= 11 is 0. The molecule has 0 spiro atoms. The molecule has 1 nitrogen and oxygen atoms in total. The third-order valence-electron chi connectivity index (χ3n) is 3.95. The van der Waals surface area contributed by atoms with Crippen LogP contribution in [0.3, 0.4) is 0 Å². The van der Waals surface area contributed by atoms with Crippen molar-refractivity contribution in [2.45, 2.75) is 25.8 Å². The molecule has 0 aromatic heterocycles. The molecule has 1 aromatic carbocycles. The lowest BCUT2D eigenvalue weighted by molar-refractivity contribution is 0.217. The molecule has 3 heteroatoms. The smallest absolute Gasteiger partial charge is 0.146 e. The maximum atomic E-state index is 13.6. The van der Waals surface area contributed by atoms with Crippen LogP contribution in [0.1, 0.15) is 18.4 Å². The summed E-state index contributed by atoms with van der Waals surface area (Å²) in [5.74, 6) is 0.491. The third-order valence-corrected chi connectivity index (χ3v) is 3.95. The van der Waals surface area contributed by atoms with Gasteiger partial charge in [-0.3, -0.25) is 0 Å². The highest BCUT2D eigenvalue weighted by Crippen LogP contribution is 2.44. The van der Waals surface area contributed by atoms with E-state index in [0.717, 1.165) is 12.8 Å². The van der Waals surface area contributed by atoms with Crippen LogP contribution in [-0.4, -0.2) is 6.04 Å². The van der Waals surface area contributed by atoms with Gasteiger partial charge in [0.05, 0.1) is 5.69 Å². The zero-order chi connectivity index (χ0) is 12.0. The van der Waals surface area contributed by atoms with Crippen LogP contribution in [0.5, 0.6) is 0 Å². The van der Waals surface area contributed by atoms with Gasteiger partial charge in [-0.15, -0.1) is 0 Å². The van der Waals surface area contributed by atoms with Gasteiger partial charge < -0.3 is 5.32 Å². The van der Waals surface area contributed by atoms with E-state index in [1.54, 1.807) is 6.92 Å². The number of nitrogens with one attached hydrogen (secondary N) is 1. The topological polar surface area (TPSA) is 12.0 Å². The number of allylic oxidation sites excluding steroid dienone is 1. The van der Waals surface area contributed by atoms with Crippen molar-refractivity contribution in [1.82, 2.24) is 0 Å². The molecule has 0 saturated heterocycles. The molecule has 0 amide bonds. The molecule has 3 rings (SSSR count). The molecule has 3 unspecified atom stereocenters. The first-order valence-electron chi connectivity index (χ1n) is 6.04. The largest absolute Gasteiger partial charge is 0.379 e. The fourth-order valence-electron chi connectivity index (χ4n) is 2.84. The highest BCUT2D eigenvalue weighted by Gasteiger charge is 2.41. The normalized spacial score (nSPS) is 29.9. The van der Waals surface area contributed by atoms with Gasteiger partial charge in [-0.2, -0.15) is 0 Å². The second-order valence-electron chi connectivity index (χ2n) is 5.07. The third kappa shape index (κ3) is 1.74. The Hall–Kier alpha value is -1.38. The fourth-order valence-corrected chi connectivity index (χ4v) is 2.84. The summed E-state index contributed by atoms with van der Waals surface area (Å²) in [6, 6.07) is 2.77. The van der Waals surface area contributed by atoms with Crippen LogP contribution in [0.15, 0.2) is 24.3 Å². The van der Waals surface area contributed by atoms with E-state index in [2.05, 4.69) is 17.5 Å². The highest BCUT2D eigenvalue weighted by atomic mass is 19.1. The van der Waals surface area contributed by atoms with E-state index in [4.69, 9.17) is 0 Å². The van der Waals surface area contributed by atoms with Crippen LogP contribution in [-0.2, 0) is 0 Å². The van der Waals surface area contributed by atoms with E-state index in [1.807, 2.05) is 0 Å². The summed E-state index contributed by atoms with van der Waals surface area (Å²) in [6.07, 6.45) is 6.55. The standard InChI is InChI=1S/C14H15F2N/c1-8-5-12(16)14(7-11(8)15)17-13-6-9-3-2-4-10(9)13/h2,4-5,7,9-10,13,17H,3,6H2,1H3. The quantitative estimate of drug-likeness (QED) is 0.771. The summed E-state index contributed by atoms with van der Waals surface area (Å²) in [5, 5.41) is 3.12. The molecule has 3 atom stereocenters. The lowest BCUT2D eigenvalue weighted by Crippen LogP contribution is -2.43. The van der Waals surface area contributed by atoms with Crippen LogP contribution < -0.4 is 5.32 Å². The Morgan fingerprint density at radius 1 is 1.24 bits per heavy atom. The number of rotatable bonds is 2. The number of halogens is 2. The summed E-state index contributed by atoms with van der Waals surface area (Å²) in [4.78, 5) is 0. The number of hydrogen-bond acceptors (Lipinski definition) is 1. The molecule has 1 saturated carbocycles. The summed E-state index contributed by atoms with van der Waals surface area (Å²) in [5.41, 5.74) is 0.636. The first-order valence-corrected chi connectivity index (χ1v) is 6.04. The highest BCUT2D eigenvalue weighted by molar-refractivity contribution is 5.48. The first-order chi connectivity index (χ1) is 8.15. The van der Waals surface area contributed by atoms with Gasteiger partial charge in [-0.25, -0.2) is 8.78 Å². The van der Waals surface area contributed by atoms with Crippen molar-refractivity contribution in [2.75, 3.05) is 5.32 Å². The number of hydrogen-bond donors (Lipinski definition) is 1. The molecular formula is C14H15F2N. The summed E-state index contributed by atoms with van der Waals surface area (Å²) < 4.78 is 27.0. The lowest BCUT2D eigenvalue weighted by Gasteiger charge is -2.41. The van der Waals surface area contributed by atoms with Crippen molar-refractivity contribution in [1.29, 1.82) is 0 Å². The van der Waals surface area contributed by atoms with E-state index in [1.165, 1.54) is 12.1 Å². The van der Waals surface area contributed by atoms with Crippen LogP contribution in [0.2, 0.25) is 0 Å². The molecule has 0 bridgehead atoms. The van der Waals surface area contributed by atoms with E-state index in [9.17, 15) is 8.78 Å². The molecular weight excluding hydrogens is 220 g/mol. The van der Waals surface area contributed by atoms with E-state index in [-0.39, 0.29) is 23.4 Å². The number of aryl methyl sites for hydroxylation is 1. The minimum Gasteiger partial charge on any atom is -0.379 e. The van der Waals surface area contributed by atoms with Gasteiger partial charge in [0.15, 0.2) is 0 Å². The Morgan fingerprint density at radius 2 is 2.06 bits per heavy atom. The molecule has 17 heavy (non-hydrogen) atoms. The van der Waals surface area contributed by atoms with E-state index < -0.39 is 0 Å². The maximum Gasteiger partial charge on any atom is 0.146 e. The molecule has 0 radical (unpaired) electrons. The molecule has 2 aliphatic rings. The Bertz CT molecular complexity index is 481. The molecule has 0 aliphatic heterocycles. The number of fused-ring (bicyclic) bond motifs is 1. The van der Waals surface area contributed by atoms with Crippen LogP contribution >= 0.6 is 0 Å². The Morgan fingerprint density at radius 3 is 2.82 bits per heavy atom. The second-order valence-corrected chi connectivity index (χ2v) is 5.07. The maximum absolute atomic E-state index is 13.6. The fraction of sp³-hybridized carbons (Fsp3) is 0.429. The minimum atomic E-state index is -0.366. The average Bonchev–Trinajstić information content (AvgIpc) is 2.63. The Labute approximate surface area is 99.5 Å². The van der Waals surface area contributed by atoms with Crippen molar-refractivity contribution < 1.29 is 8.78 Å². The zero-order valence-corrected chi connectivity index (χ0v) is 9.71. The molecule has 0 heterocycles. The van der Waals surface area contributed by atoms with Crippen molar-refractivity contribution >= 4 is 5.69 Å². The molecule has 1 fully saturated rings. The Kier molecular flexibility index (Phi) is 2.42. The predicted octanol–water partition coefficient (Wildman–Crippen LogP) is 3.65. The van der Waals surface area contributed by atoms with Crippen LogP contribution in [0, 0.1) is 30.4 Å². The molecule has 90 valence electrons. The van der Waals surface area contributed by atoms with Crippen molar-refractivity contribution in [3.63, 3.8) is 0 Å². The summed E-state index contributed by atoms with van der Waals surface area (Å²) in [6.45, 7) is 1.57. The van der Waals surface area contributed by atoms with Gasteiger partial charge in [0.1, 0.15) is 11.6 Å². The minimum absolute atomic E-state index is 0.260. The van der Waals surface area contributed by atoms with Crippen molar-refractivity contribution in [2.24, 2.45) is 11.8 Å². The monoisotopic (exact) mass is 235 g/mol. The van der Waals surface area contributed by atoms with Crippen molar-refractivity contribution in [3.8, 4) is 0 Å². The first kappa shape index (κ1) is 10.8. The van der Waals surface area contributed by atoms with Gasteiger partial charge in [0, 0.05) is 18.0 Å². The molecule has 2 aliphatic carbocycles. The lowest BCUT2D eigenvalue weighted by atomic mass is 9.71. The summed E-state index contributed by atoms with van der Waals surface area (Å²) in [7, 11) is 0. The second kappa shape index (κ2) is 3.83. The number of benzene rings is 1. The average molecular weight is 235 g/mol. The van der Waals surface area contributed by atoms with Gasteiger partial charge in [-0.1, -0.05) is 12.2 Å². The van der Waals surface area contributed by atoms with Crippen LogP contribution in [0.25, 0.3) is 0 Å².